The van der Waals surface area contributed by atoms with Gasteiger partial charge < -0.3 is 4.74 Å². The molecule has 0 saturated carbocycles. The predicted octanol–water partition coefficient (Wildman–Crippen LogP) is 2.77. The summed E-state index contributed by atoms with van der Waals surface area (Å²) in [5.41, 5.74) is 4.48. The Morgan fingerprint density at radius 1 is 1.54 bits per heavy atom. The fourth-order valence-corrected chi connectivity index (χ4v) is 0.731. The van der Waals surface area contributed by atoms with E-state index in [4.69, 9.17) is 5.53 Å². The lowest BCUT2D eigenvalue weighted by Crippen LogP contribution is -2.25. The normalized spacial score (nSPS) is 27.8. The molecule has 13 heavy (non-hydrogen) atoms. The van der Waals surface area contributed by atoms with Crippen molar-refractivity contribution in [3.63, 3.8) is 0 Å². The summed E-state index contributed by atoms with van der Waals surface area (Å²) in [6, 6.07) is 0. The number of halogens is 3. The van der Waals surface area contributed by atoms with Crippen LogP contribution < -0.4 is 0 Å². The van der Waals surface area contributed by atoms with Crippen LogP contribution in [0.25, 0.3) is 0 Å². The summed E-state index contributed by atoms with van der Waals surface area (Å²) in [6.07, 6.45) is -1.91. The lowest BCUT2D eigenvalue weighted by Gasteiger charge is -2.23. The van der Waals surface area contributed by atoms with Crippen molar-refractivity contribution >= 4 is 0 Å². The standard InChI is InChI=1S/C7H7F3N2O/c1-6(12-11)3-2-5(4-13-6)7(8,9)10/h2-4,11H,1H3. The summed E-state index contributed by atoms with van der Waals surface area (Å²) in [7, 11) is 0. The molecule has 0 aromatic heterocycles. The van der Waals surface area contributed by atoms with Gasteiger partial charge in [-0.15, -0.1) is 5.11 Å². The Hall–Kier alpha value is -1.33. The van der Waals surface area contributed by atoms with Crippen LogP contribution in [0.5, 0.6) is 0 Å². The maximum absolute atomic E-state index is 12.0. The number of allylic oxidation sites excluding steroid dienone is 2. The molecule has 1 unspecified atom stereocenters. The quantitative estimate of drug-likeness (QED) is 0.638. The van der Waals surface area contributed by atoms with Crippen LogP contribution in [-0.4, -0.2) is 11.9 Å². The van der Waals surface area contributed by atoms with E-state index in [0.29, 0.717) is 6.26 Å². The zero-order chi connectivity index (χ0) is 10.1. The molecule has 0 aliphatic carbocycles. The number of nitrogens with zero attached hydrogens (tertiary/aromatic N) is 1. The molecule has 0 amide bonds. The largest absolute Gasteiger partial charge is 0.468 e. The highest BCUT2D eigenvalue weighted by Gasteiger charge is 2.36. The van der Waals surface area contributed by atoms with Crippen molar-refractivity contribution in [3.8, 4) is 0 Å². The van der Waals surface area contributed by atoms with Gasteiger partial charge in [-0.25, -0.2) is 5.53 Å². The molecular weight excluding hydrogens is 185 g/mol. The van der Waals surface area contributed by atoms with Crippen molar-refractivity contribution in [3.05, 3.63) is 24.0 Å². The van der Waals surface area contributed by atoms with Gasteiger partial charge in [-0.1, -0.05) is 0 Å². The van der Waals surface area contributed by atoms with E-state index < -0.39 is 17.5 Å². The number of rotatable bonds is 1. The smallest absolute Gasteiger partial charge is 0.419 e. The fourth-order valence-electron chi connectivity index (χ4n) is 0.731. The summed E-state index contributed by atoms with van der Waals surface area (Å²) in [5.74, 6) is 0. The molecule has 1 rings (SSSR count). The maximum Gasteiger partial charge on any atom is 0.419 e. The highest BCUT2D eigenvalue weighted by Crippen LogP contribution is 2.31. The summed E-state index contributed by atoms with van der Waals surface area (Å²) in [4.78, 5) is 0. The third-order valence-corrected chi connectivity index (χ3v) is 1.55. The van der Waals surface area contributed by atoms with Crippen molar-refractivity contribution in [1.82, 2.24) is 0 Å². The predicted molar refractivity (Wildman–Crippen MR) is 37.9 cm³/mol. The van der Waals surface area contributed by atoms with Crippen LogP contribution in [0.15, 0.2) is 29.1 Å². The monoisotopic (exact) mass is 192 g/mol. The number of nitrogens with one attached hydrogen (secondary N) is 1. The van der Waals surface area contributed by atoms with Crippen molar-refractivity contribution in [2.45, 2.75) is 18.8 Å². The zero-order valence-electron chi connectivity index (χ0n) is 6.72. The van der Waals surface area contributed by atoms with E-state index in [-0.39, 0.29) is 0 Å². The van der Waals surface area contributed by atoms with Crippen LogP contribution >= 0.6 is 0 Å². The van der Waals surface area contributed by atoms with Crippen LogP contribution in [-0.2, 0) is 4.74 Å². The van der Waals surface area contributed by atoms with Crippen molar-refractivity contribution in [2.75, 3.05) is 0 Å². The Labute approximate surface area is 72.4 Å². The third-order valence-electron chi connectivity index (χ3n) is 1.55. The minimum atomic E-state index is -4.42. The van der Waals surface area contributed by atoms with Gasteiger partial charge in [-0.2, -0.15) is 13.2 Å². The molecule has 1 aliphatic rings. The zero-order valence-corrected chi connectivity index (χ0v) is 6.72. The molecule has 3 nitrogen and oxygen atoms in total. The van der Waals surface area contributed by atoms with Crippen LogP contribution in [0.2, 0.25) is 0 Å². The number of hydrogen-bond acceptors (Lipinski definition) is 3. The Bertz CT molecular complexity index is 282. The molecule has 1 N–H and O–H groups in total. The first kappa shape index (κ1) is 9.76. The van der Waals surface area contributed by atoms with Gasteiger partial charge in [-0.3, -0.25) is 0 Å². The van der Waals surface area contributed by atoms with Gasteiger partial charge in [0.05, 0.1) is 11.8 Å². The van der Waals surface area contributed by atoms with Crippen LogP contribution in [0.4, 0.5) is 13.2 Å². The molecular formula is C7H7F3N2O. The van der Waals surface area contributed by atoms with Gasteiger partial charge in [0.15, 0.2) is 0 Å². The van der Waals surface area contributed by atoms with Gasteiger partial charge in [0, 0.05) is 6.92 Å². The van der Waals surface area contributed by atoms with Gasteiger partial charge >= 0.3 is 6.18 Å². The Kier molecular flexibility index (Phi) is 2.15. The number of ether oxygens (including phenoxy) is 1. The van der Waals surface area contributed by atoms with E-state index in [1.165, 1.54) is 6.92 Å². The molecule has 72 valence electrons. The second-order valence-electron chi connectivity index (χ2n) is 2.69. The molecule has 1 aliphatic heterocycles. The minimum absolute atomic E-state index is 0.567. The molecule has 0 aromatic rings. The van der Waals surface area contributed by atoms with Crippen molar-refractivity contribution in [2.24, 2.45) is 5.11 Å². The highest BCUT2D eigenvalue weighted by atomic mass is 19.4. The van der Waals surface area contributed by atoms with Crippen LogP contribution in [0.1, 0.15) is 6.92 Å². The maximum atomic E-state index is 12.0. The average molecular weight is 192 g/mol. The molecule has 0 radical (unpaired) electrons. The first-order valence-corrected chi connectivity index (χ1v) is 3.40. The molecule has 0 fully saturated rings. The number of hydrogen-bond donors (Lipinski definition) is 1. The van der Waals surface area contributed by atoms with Gasteiger partial charge in [0.2, 0.25) is 5.72 Å². The Morgan fingerprint density at radius 3 is 2.46 bits per heavy atom. The summed E-state index contributed by atoms with van der Waals surface area (Å²) < 4.78 is 40.7. The lowest BCUT2D eigenvalue weighted by atomic mass is 10.1. The third kappa shape index (κ3) is 2.07. The van der Waals surface area contributed by atoms with E-state index in [0.717, 1.165) is 12.2 Å². The first-order valence-electron chi connectivity index (χ1n) is 3.40. The number of alkyl halides is 3. The SMILES string of the molecule is CC1(N=N)C=CC(C(F)(F)F)=CO1. The Morgan fingerprint density at radius 2 is 2.15 bits per heavy atom. The Balaban J connectivity index is 2.82. The van der Waals surface area contributed by atoms with E-state index >= 15 is 0 Å². The molecule has 0 saturated heterocycles. The second kappa shape index (κ2) is 2.86. The summed E-state index contributed by atoms with van der Waals surface area (Å²) in [5, 5.41) is 3.02. The van der Waals surface area contributed by atoms with E-state index in [1.54, 1.807) is 0 Å². The molecule has 6 heteroatoms. The second-order valence-corrected chi connectivity index (χ2v) is 2.69. The summed E-state index contributed by atoms with van der Waals surface area (Å²) in [6.45, 7) is 1.39. The molecule has 0 bridgehead atoms. The van der Waals surface area contributed by atoms with Crippen LogP contribution in [0, 0.1) is 5.53 Å². The van der Waals surface area contributed by atoms with E-state index in [2.05, 4.69) is 9.85 Å². The lowest BCUT2D eigenvalue weighted by molar-refractivity contribution is -0.0930. The fraction of sp³-hybridized carbons (Fsp3) is 0.429. The topological polar surface area (TPSA) is 45.4 Å². The van der Waals surface area contributed by atoms with Crippen molar-refractivity contribution < 1.29 is 17.9 Å². The van der Waals surface area contributed by atoms with Crippen molar-refractivity contribution in [1.29, 1.82) is 5.53 Å². The molecule has 1 atom stereocenters. The first-order chi connectivity index (χ1) is 5.87. The average Bonchev–Trinajstić information content (AvgIpc) is 2.04. The summed E-state index contributed by atoms with van der Waals surface area (Å²) >= 11 is 0. The molecule has 1 heterocycles. The minimum Gasteiger partial charge on any atom is -0.468 e. The highest BCUT2D eigenvalue weighted by molar-refractivity contribution is 5.27. The van der Waals surface area contributed by atoms with E-state index in [9.17, 15) is 13.2 Å². The van der Waals surface area contributed by atoms with Gasteiger partial charge in [-0.05, 0) is 12.2 Å². The molecule has 0 spiro atoms. The van der Waals surface area contributed by atoms with E-state index in [1.807, 2.05) is 0 Å². The van der Waals surface area contributed by atoms with Gasteiger partial charge in [0.1, 0.15) is 0 Å². The van der Waals surface area contributed by atoms with Gasteiger partial charge in [0.25, 0.3) is 0 Å². The molecule has 0 aromatic carbocycles. The van der Waals surface area contributed by atoms with Crippen LogP contribution in [0.3, 0.4) is 0 Å².